The van der Waals surface area contributed by atoms with E-state index < -0.39 is 5.41 Å². The number of nitrogens with zero attached hydrogens (tertiary/aromatic N) is 1. The maximum Gasteiger partial charge on any atom is 0.244 e. The van der Waals surface area contributed by atoms with Gasteiger partial charge in [0, 0.05) is 7.05 Å². The molecule has 0 aromatic carbocycles. The Morgan fingerprint density at radius 1 is 1.40 bits per heavy atom. The molecule has 1 saturated heterocycles. The molecule has 0 radical (unpaired) electrons. The van der Waals surface area contributed by atoms with Gasteiger partial charge in [-0.3, -0.25) is 14.5 Å². The van der Waals surface area contributed by atoms with Crippen LogP contribution in [0.25, 0.3) is 0 Å². The molecule has 4 nitrogen and oxygen atoms in total. The molecule has 1 unspecified atom stereocenters. The first-order chi connectivity index (χ1) is 6.99. The van der Waals surface area contributed by atoms with Gasteiger partial charge in [0.1, 0.15) is 5.41 Å². The van der Waals surface area contributed by atoms with Crippen molar-refractivity contribution in [2.45, 2.75) is 33.1 Å². The van der Waals surface area contributed by atoms with Gasteiger partial charge in [0.2, 0.25) is 11.8 Å². The number of thiocarbonyl (C=S) groups is 1. The molecule has 15 heavy (non-hydrogen) atoms. The predicted molar refractivity (Wildman–Crippen MR) is 61.1 cm³/mol. The van der Waals surface area contributed by atoms with Crippen molar-refractivity contribution in [2.24, 2.45) is 5.41 Å². The molecule has 1 aliphatic rings. The summed E-state index contributed by atoms with van der Waals surface area (Å²) >= 11 is 4.89. The molecular formula is C10H16N2O2S. The molecule has 0 aromatic rings. The first-order valence-electron chi connectivity index (χ1n) is 5.13. The van der Waals surface area contributed by atoms with Gasteiger partial charge in [-0.1, -0.05) is 20.3 Å². The van der Waals surface area contributed by atoms with Crippen LogP contribution in [0.5, 0.6) is 0 Å². The maximum absolute atomic E-state index is 12.1. The lowest BCUT2D eigenvalue weighted by molar-refractivity contribution is -0.150. The quantitative estimate of drug-likeness (QED) is 0.580. The van der Waals surface area contributed by atoms with Gasteiger partial charge in [0.05, 0.1) is 0 Å². The van der Waals surface area contributed by atoms with Gasteiger partial charge in [-0.2, -0.15) is 0 Å². The maximum atomic E-state index is 12.1. The van der Waals surface area contributed by atoms with E-state index in [-0.39, 0.29) is 16.9 Å². The lowest BCUT2D eigenvalue weighted by Gasteiger charge is -2.38. The first kappa shape index (κ1) is 12.1. The number of hydrogen-bond acceptors (Lipinski definition) is 3. The van der Waals surface area contributed by atoms with E-state index in [1.165, 1.54) is 4.90 Å². The van der Waals surface area contributed by atoms with Gasteiger partial charge in [-0.25, -0.2) is 0 Å². The van der Waals surface area contributed by atoms with Crippen molar-refractivity contribution in [1.82, 2.24) is 10.2 Å². The Hall–Kier alpha value is -0.970. The summed E-state index contributed by atoms with van der Waals surface area (Å²) in [7, 11) is 1.60. The number of nitrogens with one attached hydrogen (secondary N) is 1. The Labute approximate surface area is 95.0 Å². The summed E-state index contributed by atoms with van der Waals surface area (Å²) in [5, 5.41) is 2.78. The molecule has 1 atom stereocenters. The molecule has 1 heterocycles. The topological polar surface area (TPSA) is 49.4 Å². The van der Waals surface area contributed by atoms with E-state index in [1.807, 2.05) is 13.8 Å². The second-order valence-corrected chi connectivity index (χ2v) is 4.20. The van der Waals surface area contributed by atoms with Crippen LogP contribution in [0.3, 0.4) is 0 Å². The largest absolute Gasteiger partial charge is 0.302 e. The molecule has 1 rings (SSSR count). The van der Waals surface area contributed by atoms with Crippen molar-refractivity contribution in [3.05, 3.63) is 0 Å². The second-order valence-electron chi connectivity index (χ2n) is 3.81. The van der Waals surface area contributed by atoms with Crippen molar-refractivity contribution >= 4 is 29.1 Å². The molecule has 1 aliphatic heterocycles. The van der Waals surface area contributed by atoms with Gasteiger partial charge in [-0.05, 0) is 25.1 Å². The summed E-state index contributed by atoms with van der Waals surface area (Å²) in [5.74, 6) is -0.430. The SMILES string of the molecule is CCCC1(CC)C(=O)NC(=S)N(C)C1=O. The van der Waals surface area contributed by atoms with Crippen molar-refractivity contribution < 1.29 is 9.59 Å². The molecule has 5 heteroatoms. The molecule has 1 fully saturated rings. The van der Waals surface area contributed by atoms with Crippen molar-refractivity contribution in [1.29, 1.82) is 0 Å². The highest BCUT2D eigenvalue weighted by molar-refractivity contribution is 7.80. The van der Waals surface area contributed by atoms with Gasteiger partial charge < -0.3 is 5.32 Å². The van der Waals surface area contributed by atoms with E-state index >= 15 is 0 Å². The zero-order valence-electron chi connectivity index (χ0n) is 9.29. The molecule has 2 amide bonds. The fourth-order valence-electron chi connectivity index (χ4n) is 1.95. The Morgan fingerprint density at radius 2 is 2.00 bits per heavy atom. The molecular weight excluding hydrogens is 212 g/mol. The van der Waals surface area contributed by atoms with Crippen LogP contribution in [-0.4, -0.2) is 28.9 Å². The van der Waals surface area contributed by atoms with Crippen LogP contribution in [0.4, 0.5) is 0 Å². The van der Waals surface area contributed by atoms with Crippen LogP contribution in [0.1, 0.15) is 33.1 Å². The molecule has 84 valence electrons. The smallest absolute Gasteiger partial charge is 0.244 e. The third-order valence-electron chi connectivity index (χ3n) is 2.95. The zero-order chi connectivity index (χ0) is 11.6. The molecule has 0 aromatic heterocycles. The standard InChI is InChI=1S/C10H16N2O2S/c1-4-6-10(5-2)7(13)11-9(15)12(3)8(10)14/h4-6H2,1-3H3,(H,11,13,15). The molecule has 0 saturated carbocycles. The van der Waals surface area contributed by atoms with Crippen LogP contribution < -0.4 is 5.32 Å². The van der Waals surface area contributed by atoms with E-state index in [1.54, 1.807) is 7.05 Å². The first-order valence-corrected chi connectivity index (χ1v) is 5.54. The van der Waals surface area contributed by atoms with E-state index in [0.717, 1.165) is 6.42 Å². The second kappa shape index (κ2) is 4.26. The highest BCUT2D eigenvalue weighted by atomic mass is 32.1. The van der Waals surface area contributed by atoms with Gasteiger partial charge in [0.15, 0.2) is 5.11 Å². The molecule has 0 aliphatic carbocycles. The third-order valence-corrected chi connectivity index (χ3v) is 3.33. The summed E-state index contributed by atoms with van der Waals surface area (Å²) in [5.41, 5.74) is -0.911. The van der Waals surface area contributed by atoms with Crippen LogP contribution in [-0.2, 0) is 9.59 Å². The summed E-state index contributed by atoms with van der Waals surface area (Å²) in [6.07, 6.45) is 1.88. The van der Waals surface area contributed by atoms with Gasteiger partial charge >= 0.3 is 0 Å². The van der Waals surface area contributed by atoms with Crippen LogP contribution in [0, 0.1) is 5.41 Å². The van der Waals surface area contributed by atoms with E-state index in [0.29, 0.717) is 12.8 Å². The van der Waals surface area contributed by atoms with Crippen LogP contribution in [0.15, 0.2) is 0 Å². The molecule has 0 bridgehead atoms. The molecule has 1 N–H and O–H groups in total. The summed E-state index contributed by atoms with van der Waals surface area (Å²) in [4.78, 5) is 25.3. The van der Waals surface area contributed by atoms with Crippen molar-refractivity contribution in [3.63, 3.8) is 0 Å². The average Bonchev–Trinajstić information content (AvgIpc) is 2.21. The minimum absolute atomic E-state index is 0.180. The lowest BCUT2D eigenvalue weighted by Crippen LogP contribution is -2.62. The highest BCUT2D eigenvalue weighted by Crippen LogP contribution is 2.33. The monoisotopic (exact) mass is 228 g/mol. The van der Waals surface area contributed by atoms with Crippen LogP contribution >= 0.6 is 12.2 Å². The average molecular weight is 228 g/mol. The van der Waals surface area contributed by atoms with Gasteiger partial charge in [0.25, 0.3) is 0 Å². The minimum atomic E-state index is -0.911. The normalized spacial score (nSPS) is 26.9. The fourth-order valence-corrected chi connectivity index (χ4v) is 2.12. The summed E-state index contributed by atoms with van der Waals surface area (Å²) in [6, 6.07) is 0. The van der Waals surface area contributed by atoms with E-state index in [4.69, 9.17) is 12.2 Å². The number of carbonyl (C=O) groups excluding carboxylic acids is 2. The molecule has 0 spiro atoms. The van der Waals surface area contributed by atoms with Crippen molar-refractivity contribution in [2.75, 3.05) is 7.05 Å². The van der Waals surface area contributed by atoms with Gasteiger partial charge in [-0.15, -0.1) is 0 Å². The number of rotatable bonds is 3. The number of amides is 2. The van der Waals surface area contributed by atoms with Crippen LogP contribution in [0.2, 0.25) is 0 Å². The van der Waals surface area contributed by atoms with Crippen molar-refractivity contribution in [3.8, 4) is 0 Å². The van der Waals surface area contributed by atoms with E-state index in [2.05, 4.69) is 5.32 Å². The number of carbonyl (C=O) groups is 2. The Kier molecular flexibility index (Phi) is 3.44. The zero-order valence-corrected chi connectivity index (χ0v) is 10.1. The Morgan fingerprint density at radius 3 is 2.47 bits per heavy atom. The highest BCUT2D eigenvalue weighted by Gasteiger charge is 2.49. The third kappa shape index (κ3) is 1.76. The lowest BCUT2D eigenvalue weighted by atomic mass is 9.77. The summed E-state index contributed by atoms with van der Waals surface area (Å²) < 4.78 is 0. The number of hydrogen-bond donors (Lipinski definition) is 1. The fraction of sp³-hybridized carbons (Fsp3) is 0.700. The summed E-state index contributed by atoms with van der Waals surface area (Å²) in [6.45, 7) is 3.82. The van der Waals surface area contributed by atoms with E-state index in [9.17, 15) is 9.59 Å². The Balaban J connectivity index is 3.09. The minimum Gasteiger partial charge on any atom is -0.302 e. The Bertz CT molecular complexity index is 317. The predicted octanol–water partition coefficient (Wildman–Crippen LogP) is 1.06.